The zero-order valence-corrected chi connectivity index (χ0v) is 9.76. The number of hydrogen-bond donors (Lipinski definition) is 3. The highest BCUT2D eigenvalue weighted by Crippen LogP contribution is 2.09. The highest BCUT2D eigenvalue weighted by molar-refractivity contribution is 5.91. The monoisotopic (exact) mass is 239 g/mol. The van der Waals surface area contributed by atoms with Crippen LogP contribution in [0.5, 0.6) is 0 Å². The van der Waals surface area contributed by atoms with Gasteiger partial charge in [0.1, 0.15) is 0 Å². The van der Waals surface area contributed by atoms with E-state index in [1.165, 1.54) is 0 Å². The molecule has 0 bridgehead atoms. The minimum atomic E-state index is -0.246. The van der Waals surface area contributed by atoms with Gasteiger partial charge in [-0.05, 0) is 5.92 Å². The van der Waals surface area contributed by atoms with Crippen LogP contribution in [-0.4, -0.2) is 52.2 Å². The largest absolute Gasteiger partial charge is 0.396 e. The number of aliphatic hydroxyl groups is 1. The van der Waals surface area contributed by atoms with Crippen LogP contribution in [-0.2, 0) is 0 Å². The molecule has 1 saturated heterocycles. The van der Waals surface area contributed by atoms with Crippen molar-refractivity contribution >= 4 is 5.91 Å². The fourth-order valence-electron chi connectivity index (χ4n) is 1.44. The van der Waals surface area contributed by atoms with Crippen molar-refractivity contribution in [1.29, 1.82) is 0 Å². The summed E-state index contributed by atoms with van der Waals surface area (Å²) in [6, 6.07) is 0.306. The summed E-state index contributed by atoms with van der Waals surface area (Å²) in [5.74, 6) is -0.200. The number of nitrogens with one attached hydrogen (secondary N) is 2. The van der Waals surface area contributed by atoms with Gasteiger partial charge in [0.05, 0.1) is 12.2 Å². The van der Waals surface area contributed by atoms with Crippen LogP contribution in [0.1, 0.15) is 23.5 Å². The normalized spacial score (nSPS) is 17.5. The molecule has 0 aromatic carbocycles. The molecule has 1 aliphatic heterocycles. The van der Waals surface area contributed by atoms with Crippen LogP contribution < -0.4 is 10.6 Å². The van der Waals surface area contributed by atoms with E-state index in [1.54, 1.807) is 10.9 Å². The molecule has 1 unspecified atom stereocenters. The Morgan fingerprint density at radius 2 is 2.53 bits per heavy atom. The van der Waals surface area contributed by atoms with E-state index < -0.39 is 0 Å². The average Bonchev–Trinajstić information content (AvgIpc) is 2.72. The lowest BCUT2D eigenvalue weighted by atomic mass is 10.2. The van der Waals surface area contributed by atoms with Gasteiger partial charge in [0.25, 0.3) is 5.91 Å². The molecule has 1 aromatic rings. The van der Waals surface area contributed by atoms with Crippen LogP contribution in [0.2, 0.25) is 0 Å². The molecule has 2 heterocycles. The molecular weight excluding hydrogens is 222 g/mol. The first kappa shape index (κ1) is 12.0. The molecule has 1 amide bonds. The quantitative estimate of drug-likeness (QED) is 0.599. The zero-order chi connectivity index (χ0) is 12.3. The number of carbonyl (C=O) groups excluding carboxylic acids is 1. The molecule has 0 saturated carbocycles. The van der Waals surface area contributed by atoms with Crippen molar-refractivity contribution in [3.63, 3.8) is 0 Å². The van der Waals surface area contributed by atoms with Gasteiger partial charge in [-0.3, -0.25) is 4.79 Å². The lowest BCUT2D eigenvalue weighted by Crippen LogP contribution is -2.43. The predicted octanol–water partition coefficient (Wildman–Crippen LogP) is -1.22. The van der Waals surface area contributed by atoms with E-state index in [0.717, 1.165) is 13.1 Å². The van der Waals surface area contributed by atoms with Gasteiger partial charge in [-0.1, -0.05) is 12.1 Å². The Kier molecular flexibility index (Phi) is 3.70. The van der Waals surface area contributed by atoms with Crippen molar-refractivity contribution in [3.05, 3.63) is 11.9 Å². The molecule has 1 atom stereocenters. The van der Waals surface area contributed by atoms with Gasteiger partial charge < -0.3 is 15.7 Å². The van der Waals surface area contributed by atoms with Gasteiger partial charge in [-0.2, -0.15) is 0 Å². The summed E-state index contributed by atoms with van der Waals surface area (Å²) in [6.07, 6.45) is 1.66. The van der Waals surface area contributed by atoms with Crippen LogP contribution in [0.4, 0.5) is 0 Å². The third kappa shape index (κ3) is 2.80. The Hall–Kier alpha value is -1.47. The fraction of sp³-hybridized carbons (Fsp3) is 0.700. The van der Waals surface area contributed by atoms with Gasteiger partial charge in [-0.25, -0.2) is 4.68 Å². The summed E-state index contributed by atoms with van der Waals surface area (Å²) >= 11 is 0. The minimum Gasteiger partial charge on any atom is -0.396 e. The number of aromatic nitrogens is 3. The van der Waals surface area contributed by atoms with E-state index in [0.29, 0.717) is 18.3 Å². The Labute approximate surface area is 99.2 Å². The predicted molar refractivity (Wildman–Crippen MR) is 60.5 cm³/mol. The number of aliphatic hydroxyl groups excluding tert-OH is 1. The van der Waals surface area contributed by atoms with Crippen LogP contribution in [0.15, 0.2) is 6.20 Å². The van der Waals surface area contributed by atoms with Crippen LogP contribution >= 0.6 is 0 Å². The SMILES string of the molecule is CC(CO)CNC(=O)c1cn(C2CNC2)nn1. The van der Waals surface area contributed by atoms with Gasteiger partial charge in [0.2, 0.25) is 0 Å². The molecule has 1 aromatic heterocycles. The molecule has 0 aliphatic carbocycles. The third-order valence-electron chi connectivity index (χ3n) is 2.80. The second-order valence-corrected chi connectivity index (χ2v) is 4.39. The Morgan fingerprint density at radius 3 is 3.12 bits per heavy atom. The molecule has 17 heavy (non-hydrogen) atoms. The number of nitrogens with zero attached hydrogens (tertiary/aromatic N) is 3. The molecule has 1 fully saturated rings. The standard InChI is InChI=1S/C10H17N5O2/c1-7(6-16)2-12-10(17)9-5-15(14-13-9)8-3-11-4-8/h5,7-8,11,16H,2-4,6H2,1H3,(H,12,17). The summed E-state index contributed by atoms with van der Waals surface area (Å²) in [5, 5.41) is 22.4. The average molecular weight is 239 g/mol. The summed E-state index contributed by atoms with van der Waals surface area (Å²) < 4.78 is 1.71. The second-order valence-electron chi connectivity index (χ2n) is 4.39. The van der Waals surface area contributed by atoms with E-state index in [-0.39, 0.29) is 18.4 Å². The van der Waals surface area contributed by atoms with Crippen molar-refractivity contribution in [2.45, 2.75) is 13.0 Å². The molecule has 0 spiro atoms. The maximum Gasteiger partial charge on any atom is 0.273 e. The first-order chi connectivity index (χ1) is 8.20. The highest BCUT2D eigenvalue weighted by Gasteiger charge is 2.21. The zero-order valence-electron chi connectivity index (χ0n) is 9.76. The number of carbonyl (C=O) groups is 1. The van der Waals surface area contributed by atoms with E-state index in [9.17, 15) is 4.79 Å². The van der Waals surface area contributed by atoms with Crippen molar-refractivity contribution in [3.8, 4) is 0 Å². The molecule has 1 aliphatic rings. The molecule has 2 rings (SSSR count). The van der Waals surface area contributed by atoms with Gasteiger partial charge >= 0.3 is 0 Å². The first-order valence-corrected chi connectivity index (χ1v) is 5.72. The van der Waals surface area contributed by atoms with Crippen molar-refractivity contribution in [2.75, 3.05) is 26.2 Å². The molecule has 7 nitrogen and oxygen atoms in total. The second kappa shape index (κ2) is 5.24. The van der Waals surface area contributed by atoms with Crippen molar-refractivity contribution in [2.24, 2.45) is 5.92 Å². The van der Waals surface area contributed by atoms with Gasteiger partial charge in [0, 0.05) is 26.2 Å². The Morgan fingerprint density at radius 1 is 1.76 bits per heavy atom. The lowest BCUT2D eigenvalue weighted by Gasteiger charge is -2.26. The van der Waals surface area contributed by atoms with Crippen LogP contribution in [0.25, 0.3) is 0 Å². The van der Waals surface area contributed by atoms with Crippen LogP contribution in [0.3, 0.4) is 0 Å². The first-order valence-electron chi connectivity index (χ1n) is 5.72. The molecule has 0 radical (unpaired) electrons. The van der Waals surface area contributed by atoms with E-state index in [4.69, 9.17) is 5.11 Å². The summed E-state index contributed by atoms with van der Waals surface area (Å²) in [6.45, 7) is 4.09. The minimum absolute atomic E-state index is 0.0461. The number of amides is 1. The molecule has 94 valence electrons. The summed E-state index contributed by atoms with van der Waals surface area (Å²) in [5.41, 5.74) is 0.321. The highest BCUT2D eigenvalue weighted by atomic mass is 16.3. The fourth-order valence-corrected chi connectivity index (χ4v) is 1.44. The van der Waals surface area contributed by atoms with Crippen LogP contribution in [0, 0.1) is 5.92 Å². The maximum atomic E-state index is 11.7. The van der Waals surface area contributed by atoms with E-state index in [2.05, 4.69) is 20.9 Å². The van der Waals surface area contributed by atoms with Crippen molar-refractivity contribution in [1.82, 2.24) is 25.6 Å². The van der Waals surface area contributed by atoms with Crippen molar-refractivity contribution < 1.29 is 9.90 Å². The lowest BCUT2D eigenvalue weighted by molar-refractivity contribution is 0.0937. The Bertz CT molecular complexity index is 388. The topological polar surface area (TPSA) is 92.1 Å². The van der Waals surface area contributed by atoms with Gasteiger partial charge in [0.15, 0.2) is 5.69 Å². The number of hydrogen-bond acceptors (Lipinski definition) is 5. The maximum absolute atomic E-state index is 11.7. The van der Waals surface area contributed by atoms with E-state index >= 15 is 0 Å². The molecular formula is C10H17N5O2. The molecule has 3 N–H and O–H groups in total. The van der Waals surface area contributed by atoms with E-state index in [1.807, 2.05) is 6.92 Å². The smallest absolute Gasteiger partial charge is 0.273 e. The third-order valence-corrected chi connectivity index (χ3v) is 2.80. The Balaban J connectivity index is 1.88. The number of rotatable bonds is 5. The molecule has 7 heteroatoms. The summed E-state index contributed by atoms with van der Waals surface area (Å²) in [4.78, 5) is 11.7. The summed E-state index contributed by atoms with van der Waals surface area (Å²) in [7, 11) is 0. The van der Waals surface area contributed by atoms with Gasteiger partial charge in [-0.15, -0.1) is 5.10 Å².